The molecule has 1 saturated carbocycles. The molecular formula is C13H19F3O2. The molecule has 0 aromatic carbocycles. The molecule has 0 saturated heterocycles. The number of halogens is 3. The molecule has 0 amide bonds. The fourth-order valence-corrected chi connectivity index (χ4v) is 2.30. The van der Waals surface area contributed by atoms with Gasteiger partial charge in [-0.2, -0.15) is 13.2 Å². The van der Waals surface area contributed by atoms with Crippen LogP contribution in [0.3, 0.4) is 0 Å². The number of alkyl halides is 3. The van der Waals surface area contributed by atoms with E-state index < -0.39 is 23.3 Å². The third-order valence-corrected chi connectivity index (χ3v) is 3.53. The lowest BCUT2D eigenvalue weighted by atomic mass is 9.79. The molecular weight excluding hydrogens is 245 g/mol. The fraction of sp³-hybridized carbons (Fsp3) is 0.769. The molecule has 1 fully saturated rings. The first-order valence-corrected chi connectivity index (χ1v) is 6.14. The van der Waals surface area contributed by atoms with E-state index in [1.54, 1.807) is 13.8 Å². The normalized spacial score (nSPS) is 18.5. The lowest BCUT2D eigenvalue weighted by Crippen LogP contribution is -2.39. The molecule has 0 N–H and O–H groups in total. The summed E-state index contributed by atoms with van der Waals surface area (Å²) in [5.74, 6) is -1.24. The summed E-state index contributed by atoms with van der Waals surface area (Å²) in [4.78, 5) is 11.4. The van der Waals surface area contributed by atoms with E-state index in [0.29, 0.717) is 0 Å². The molecule has 5 heteroatoms. The van der Waals surface area contributed by atoms with Crippen LogP contribution in [-0.4, -0.2) is 17.7 Å². The minimum absolute atomic E-state index is 0.122. The zero-order valence-electron chi connectivity index (χ0n) is 10.8. The van der Waals surface area contributed by atoms with Gasteiger partial charge in [-0.25, -0.2) is 4.79 Å². The number of carbonyl (C=O) groups excluding carboxylic acids is 1. The molecule has 104 valence electrons. The molecule has 0 atom stereocenters. The maximum absolute atomic E-state index is 12.3. The van der Waals surface area contributed by atoms with Gasteiger partial charge in [0.2, 0.25) is 0 Å². The first-order valence-electron chi connectivity index (χ1n) is 6.14. The molecule has 1 rings (SSSR count). The van der Waals surface area contributed by atoms with Crippen molar-refractivity contribution in [3.05, 3.63) is 12.2 Å². The van der Waals surface area contributed by atoms with Gasteiger partial charge in [-0.3, -0.25) is 0 Å². The van der Waals surface area contributed by atoms with Crippen LogP contribution in [0, 0.1) is 5.92 Å². The summed E-state index contributed by atoms with van der Waals surface area (Å²) in [5.41, 5.74) is -2.31. The van der Waals surface area contributed by atoms with Gasteiger partial charge in [-0.15, -0.1) is 0 Å². The first kappa shape index (κ1) is 15.1. The van der Waals surface area contributed by atoms with Crippen molar-refractivity contribution in [3.63, 3.8) is 0 Å². The van der Waals surface area contributed by atoms with E-state index in [0.717, 1.165) is 32.1 Å². The smallest absolute Gasteiger partial charge is 0.422 e. The van der Waals surface area contributed by atoms with Crippen LogP contribution in [-0.2, 0) is 9.53 Å². The second-order valence-electron chi connectivity index (χ2n) is 5.30. The molecule has 1 aliphatic rings. The molecule has 1 aliphatic carbocycles. The first-order chi connectivity index (χ1) is 8.14. The van der Waals surface area contributed by atoms with Crippen LogP contribution in [0.25, 0.3) is 0 Å². The van der Waals surface area contributed by atoms with Gasteiger partial charge in [0.25, 0.3) is 0 Å². The minimum atomic E-state index is -4.72. The van der Waals surface area contributed by atoms with E-state index in [4.69, 9.17) is 4.74 Å². The predicted octanol–water partition coefficient (Wildman–Crippen LogP) is 4.01. The second-order valence-corrected chi connectivity index (χ2v) is 5.30. The zero-order valence-corrected chi connectivity index (χ0v) is 10.8. The van der Waals surface area contributed by atoms with Crippen molar-refractivity contribution in [2.45, 2.75) is 57.7 Å². The van der Waals surface area contributed by atoms with Gasteiger partial charge in [0, 0.05) is 0 Å². The van der Waals surface area contributed by atoms with Crippen LogP contribution in [0.2, 0.25) is 0 Å². The Balaban J connectivity index is 2.64. The Morgan fingerprint density at radius 3 is 2.11 bits per heavy atom. The summed E-state index contributed by atoms with van der Waals surface area (Å²) in [6.45, 7) is 6.10. The van der Waals surface area contributed by atoms with E-state index in [2.05, 4.69) is 6.58 Å². The summed E-state index contributed by atoms with van der Waals surface area (Å²) in [6, 6.07) is 0. The Labute approximate surface area is 105 Å². The summed E-state index contributed by atoms with van der Waals surface area (Å²) in [5, 5.41) is 0. The highest BCUT2D eigenvalue weighted by Crippen LogP contribution is 2.36. The van der Waals surface area contributed by atoms with E-state index in [9.17, 15) is 18.0 Å². The number of carbonyl (C=O) groups is 1. The standard InChI is InChI=1S/C13H19F3O2/c1-9(13(14,15)16)11(17)18-12(2,3)10-7-5-4-6-8-10/h10H,1,4-8H2,2-3H3. The molecule has 2 nitrogen and oxygen atoms in total. The number of esters is 1. The second kappa shape index (κ2) is 5.33. The average molecular weight is 264 g/mol. The van der Waals surface area contributed by atoms with Gasteiger partial charge in [-0.05, 0) is 32.6 Å². The van der Waals surface area contributed by atoms with Crippen molar-refractivity contribution >= 4 is 5.97 Å². The largest absolute Gasteiger partial charge is 0.456 e. The van der Waals surface area contributed by atoms with Crippen molar-refractivity contribution < 1.29 is 22.7 Å². The Kier molecular flexibility index (Phi) is 4.46. The summed E-state index contributed by atoms with van der Waals surface area (Å²) >= 11 is 0. The van der Waals surface area contributed by atoms with Gasteiger partial charge in [0.1, 0.15) is 11.2 Å². The average Bonchev–Trinajstić information content (AvgIpc) is 2.27. The Hall–Kier alpha value is -1.00. The van der Waals surface area contributed by atoms with Crippen LogP contribution in [0.5, 0.6) is 0 Å². The summed E-state index contributed by atoms with van der Waals surface area (Å²) in [7, 11) is 0. The molecule has 0 spiro atoms. The van der Waals surface area contributed by atoms with Crippen molar-refractivity contribution in [3.8, 4) is 0 Å². The highest BCUT2D eigenvalue weighted by Gasteiger charge is 2.41. The molecule has 0 radical (unpaired) electrons. The molecule has 0 bridgehead atoms. The van der Waals surface area contributed by atoms with Gasteiger partial charge in [0.15, 0.2) is 0 Å². The highest BCUT2D eigenvalue weighted by atomic mass is 19.4. The topological polar surface area (TPSA) is 26.3 Å². The third-order valence-electron chi connectivity index (χ3n) is 3.53. The Morgan fingerprint density at radius 1 is 1.17 bits per heavy atom. The van der Waals surface area contributed by atoms with Crippen molar-refractivity contribution in [2.24, 2.45) is 5.92 Å². The molecule has 0 aromatic heterocycles. The number of ether oxygens (including phenoxy) is 1. The summed E-state index contributed by atoms with van der Waals surface area (Å²) < 4.78 is 42.0. The van der Waals surface area contributed by atoms with Crippen molar-refractivity contribution in [1.29, 1.82) is 0 Å². The van der Waals surface area contributed by atoms with Crippen LogP contribution in [0.15, 0.2) is 12.2 Å². The van der Waals surface area contributed by atoms with E-state index in [1.807, 2.05) is 0 Å². The molecule has 0 heterocycles. The Morgan fingerprint density at radius 2 is 1.67 bits per heavy atom. The third kappa shape index (κ3) is 3.75. The maximum Gasteiger partial charge on any atom is 0.422 e. The van der Waals surface area contributed by atoms with Crippen LogP contribution in [0.1, 0.15) is 46.0 Å². The fourth-order valence-electron chi connectivity index (χ4n) is 2.30. The van der Waals surface area contributed by atoms with Gasteiger partial charge >= 0.3 is 12.1 Å². The molecule has 0 aliphatic heterocycles. The molecule has 0 unspecified atom stereocenters. The van der Waals surface area contributed by atoms with E-state index in [1.165, 1.54) is 0 Å². The SMILES string of the molecule is C=C(C(=O)OC(C)(C)C1CCCCC1)C(F)(F)F. The van der Waals surface area contributed by atoms with Crippen LogP contribution in [0.4, 0.5) is 13.2 Å². The van der Waals surface area contributed by atoms with Crippen LogP contribution < -0.4 is 0 Å². The molecule has 0 aromatic rings. The summed E-state index contributed by atoms with van der Waals surface area (Å²) in [6.07, 6.45) is 0.255. The van der Waals surface area contributed by atoms with Crippen molar-refractivity contribution in [1.82, 2.24) is 0 Å². The lowest BCUT2D eigenvalue weighted by molar-refractivity contribution is -0.167. The highest BCUT2D eigenvalue weighted by molar-refractivity contribution is 5.89. The van der Waals surface area contributed by atoms with Gasteiger partial charge in [0.05, 0.1) is 0 Å². The monoisotopic (exact) mass is 264 g/mol. The van der Waals surface area contributed by atoms with E-state index in [-0.39, 0.29) is 5.92 Å². The maximum atomic E-state index is 12.3. The zero-order chi connectivity index (χ0) is 14.0. The van der Waals surface area contributed by atoms with Gasteiger partial charge in [-0.1, -0.05) is 25.8 Å². The molecule has 18 heavy (non-hydrogen) atoms. The number of hydrogen-bond acceptors (Lipinski definition) is 2. The lowest BCUT2D eigenvalue weighted by Gasteiger charge is -2.36. The quantitative estimate of drug-likeness (QED) is 0.568. The van der Waals surface area contributed by atoms with Gasteiger partial charge < -0.3 is 4.74 Å². The number of rotatable bonds is 3. The van der Waals surface area contributed by atoms with Crippen molar-refractivity contribution in [2.75, 3.05) is 0 Å². The predicted molar refractivity (Wildman–Crippen MR) is 61.9 cm³/mol. The Bertz CT molecular complexity index is 326. The minimum Gasteiger partial charge on any atom is -0.456 e. The van der Waals surface area contributed by atoms with Crippen LogP contribution >= 0.6 is 0 Å². The van der Waals surface area contributed by atoms with E-state index >= 15 is 0 Å². The number of hydrogen-bond donors (Lipinski definition) is 0.